The Balaban J connectivity index is 2.53. The van der Waals surface area contributed by atoms with E-state index in [0.29, 0.717) is 12.0 Å². The predicted octanol–water partition coefficient (Wildman–Crippen LogP) is 3.32. The molecule has 0 amide bonds. The fourth-order valence-electron chi connectivity index (χ4n) is 1.76. The number of hydrogen-bond donors (Lipinski definition) is 2. The van der Waals surface area contributed by atoms with Crippen LogP contribution in [0.25, 0.3) is 0 Å². The highest BCUT2D eigenvalue weighted by molar-refractivity contribution is 9.10. The molecule has 1 aromatic heterocycles. The summed E-state index contributed by atoms with van der Waals surface area (Å²) in [7, 11) is 0. The van der Waals surface area contributed by atoms with Crippen molar-refractivity contribution in [3.63, 3.8) is 0 Å². The van der Waals surface area contributed by atoms with Gasteiger partial charge in [0.15, 0.2) is 0 Å². The van der Waals surface area contributed by atoms with Crippen LogP contribution in [-0.2, 0) is 6.42 Å². The first-order valence-corrected chi connectivity index (χ1v) is 7.03. The van der Waals surface area contributed by atoms with Gasteiger partial charge in [-0.25, -0.2) is 0 Å². The Kier molecular flexibility index (Phi) is 5.82. The molecule has 1 rings (SSSR count). The van der Waals surface area contributed by atoms with Crippen LogP contribution < -0.4 is 11.3 Å². The molecule has 0 aliphatic carbocycles. The Labute approximate surface area is 104 Å². The SMILES string of the molecule is CCCC(C)C(Cc1cc(Br)cs1)NN. The highest BCUT2D eigenvalue weighted by Crippen LogP contribution is 2.23. The third kappa shape index (κ3) is 4.23. The van der Waals surface area contributed by atoms with Crippen molar-refractivity contribution >= 4 is 27.3 Å². The van der Waals surface area contributed by atoms with Crippen molar-refractivity contribution < 1.29 is 0 Å². The number of halogens is 1. The largest absolute Gasteiger partial charge is 0.271 e. The van der Waals surface area contributed by atoms with Crippen molar-refractivity contribution in [3.05, 3.63) is 20.8 Å². The van der Waals surface area contributed by atoms with Crippen molar-refractivity contribution in [2.45, 2.75) is 39.2 Å². The summed E-state index contributed by atoms with van der Waals surface area (Å²) in [5, 5.41) is 2.12. The molecule has 4 heteroatoms. The highest BCUT2D eigenvalue weighted by atomic mass is 79.9. The molecular weight excluding hydrogens is 272 g/mol. The molecule has 1 heterocycles. The van der Waals surface area contributed by atoms with Gasteiger partial charge in [-0.2, -0.15) is 0 Å². The molecule has 2 nitrogen and oxygen atoms in total. The number of hydrogen-bond acceptors (Lipinski definition) is 3. The van der Waals surface area contributed by atoms with E-state index < -0.39 is 0 Å². The quantitative estimate of drug-likeness (QED) is 0.623. The van der Waals surface area contributed by atoms with Crippen LogP contribution >= 0.6 is 27.3 Å². The van der Waals surface area contributed by atoms with Gasteiger partial charge in [0.2, 0.25) is 0 Å². The maximum absolute atomic E-state index is 5.60. The Hall–Kier alpha value is 0.1000. The number of thiophene rings is 1. The molecule has 15 heavy (non-hydrogen) atoms. The Morgan fingerprint density at radius 3 is 2.80 bits per heavy atom. The number of rotatable bonds is 6. The summed E-state index contributed by atoms with van der Waals surface area (Å²) in [5.74, 6) is 6.23. The van der Waals surface area contributed by atoms with Crippen molar-refractivity contribution in [2.75, 3.05) is 0 Å². The van der Waals surface area contributed by atoms with E-state index >= 15 is 0 Å². The average molecular weight is 291 g/mol. The van der Waals surface area contributed by atoms with E-state index in [4.69, 9.17) is 5.84 Å². The van der Waals surface area contributed by atoms with Gasteiger partial charge in [-0.05, 0) is 40.8 Å². The van der Waals surface area contributed by atoms with Crippen LogP contribution in [0.3, 0.4) is 0 Å². The zero-order chi connectivity index (χ0) is 11.3. The molecule has 1 aromatic rings. The van der Waals surface area contributed by atoms with E-state index in [1.165, 1.54) is 22.2 Å². The van der Waals surface area contributed by atoms with Crippen LogP contribution in [0, 0.1) is 5.92 Å². The number of hydrazine groups is 1. The average Bonchev–Trinajstić information content (AvgIpc) is 2.61. The first-order chi connectivity index (χ1) is 7.17. The summed E-state index contributed by atoms with van der Waals surface area (Å²) in [6, 6.07) is 2.56. The standard InChI is InChI=1S/C11H19BrN2S/c1-3-4-8(2)11(14-13)6-10-5-9(12)7-15-10/h5,7-8,11,14H,3-4,6,13H2,1-2H3. The zero-order valence-electron chi connectivity index (χ0n) is 9.29. The molecule has 0 radical (unpaired) electrons. The van der Waals surface area contributed by atoms with Crippen LogP contribution in [0.15, 0.2) is 15.9 Å². The van der Waals surface area contributed by atoms with E-state index in [2.05, 4.69) is 46.6 Å². The van der Waals surface area contributed by atoms with E-state index in [0.717, 1.165) is 6.42 Å². The third-order valence-corrected chi connectivity index (χ3v) is 4.41. The molecule has 0 saturated carbocycles. The maximum Gasteiger partial charge on any atom is 0.0285 e. The molecule has 0 spiro atoms. The highest BCUT2D eigenvalue weighted by Gasteiger charge is 2.16. The van der Waals surface area contributed by atoms with E-state index in [-0.39, 0.29) is 0 Å². The fraction of sp³-hybridized carbons (Fsp3) is 0.636. The van der Waals surface area contributed by atoms with Gasteiger partial charge in [0.05, 0.1) is 0 Å². The lowest BCUT2D eigenvalue weighted by molar-refractivity contribution is 0.358. The van der Waals surface area contributed by atoms with E-state index in [1.54, 1.807) is 11.3 Å². The van der Waals surface area contributed by atoms with Gasteiger partial charge >= 0.3 is 0 Å². The first kappa shape index (κ1) is 13.2. The summed E-state index contributed by atoms with van der Waals surface area (Å²) < 4.78 is 1.17. The molecule has 0 aliphatic rings. The van der Waals surface area contributed by atoms with Crippen molar-refractivity contribution in [1.29, 1.82) is 0 Å². The Morgan fingerprint density at radius 2 is 2.33 bits per heavy atom. The van der Waals surface area contributed by atoms with Gasteiger partial charge in [-0.1, -0.05) is 20.3 Å². The second kappa shape index (κ2) is 6.63. The summed E-state index contributed by atoms with van der Waals surface area (Å²) in [5.41, 5.74) is 2.94. The molecule has 3 N–H and O–H groups in total. The van der Waals surface area contributed by atoms with Gasteiger partial charge < -0.3 is 0 Å². The van der Waals surface area contributed by atoms with Crippen molar-refractivity contribution in [2.24, 2.45) is 11.8 Å². The fourth-order valence-corrected chi connectivity index (χ4v) is 3.27. The molecule has 2 atom stereocenters. The Morgan fingerprint density at radius 1 is 1.60 bits per heavy atom. The second-order valence-corrected chi connectivity index (χ2v) is 5.89. The lowest BCUT2D eigenvalue weighted by Crippen LogP contribution is -2.41. The van der Waals surface area contributed by atoms with Crippen LogP contribution in [0.5, 0.6) is 0 Å². The zero-order valence-corrected chi connectivity index (χ0v) is 11.7. The molecule has 0 fully saturated rings. The van der Waals surface area contributed by atoms with Crippen molar-refractivity contribution in [3.8, 4) is 0 Å². The molecule has 0 aromatic carbocycles. The normalized spacial score (nSPS) is 15.2. The topological polar surface area (TPSA) is 38.0 Å². The van der Waals surface area contributed by atoms with E-state index in [9.17, 15) is 0 Å². The predicted molar refractivity (Wildman–Crippen MR) is 70.9 cm³/mol. The van der Waals surface area contributed by atoms with Gasteiger partial charge in [0.25, 0.3) is 0 Å². The second-order valence-electron chi connectivity index (χ2n) is 3.97. The smallest absolute Gasteiger partial charge is 0.0285 e. The molecule has 0 aliphatic heterocycles. The maximum atomic E-state index is 5.60. The van der Waals surface area contributed by atoms with Crippen LogP contribution in [0.2, 0.25) is 0 Å². The van der Waals surface area contributed by atoms with Gasteiger partial charge in [0.1, 0.15) is 0 Å². The summed E-state index contributed by atoms with van der Waals surface area (Å²) in [6.45, 7) is 4.47. The van der Waals surface area contributed by atoms with Gasteiger partial charge in [0, 0.05) is 20.8 Å². The lowest BCUT2D eigenvalue weighted by Gasteiger charge is -2.22. The summed E-state index contributed by atoms with van der Waals surface area (Å²) >= 11 is 5.26. The van der Waals surface area contributed by atoms with E-state index in [1.807, 2.05) is 0 Å². The minimum absolute atomic E-state index is 0.385. The van der Waals surface area contributed by atoms with Gasteiger partial charge in [-0.15, -0.1) is 11.3 Å². The molecule has 0 bridgehead atoms. The minimum Gasteiger partial charge on any atom is -0.271 e. The van der Waals surface area contributed by atoms with Crippen LogP contribution in [0.1, 0.15) is 31.6 Å². The first-order valence-electron chi connectivity index (χ1n) is 5.36. The van der Waals surface area contributed by atoms with Crippen LogP contribution in [0.4, 0.5) is 0 Å². The Bertz CT molecular complexity index is 288. The van der Waals surface area contributed by atoms with Crippen molar-refractivity contribution in [1.82, 2.24) is 5.43 Å². The molecular formula is C11H19BrN2S. The summed E-state index contributed by atoms with van der Waals surface area (Å²) in [6.07, 6.45) is 3.46. The molecule has 0 saturated heterocycles. The number of nitrogens with one attached hydrogen (secondary N) is 1. The lowest BCUT2D eigenvalue weighted by atomic mass is 9.94. The minimum atomic E-state index is 0.385. The number of nitrogens with two attached hydrogens (primary N) is 1. The molecule has 86 valence electrons. The summed E-state index contributed by atoms with van der Waals surface area (Å²) in [4.78, 5) is 1.38. The monoisotopic (exact) mass is 290 g/mol. The third-order valence-electron chi connectivity index (χ3n) is 2.69. The van der Waals surface area contributed by atoms with Gasteiger partial charge in [-0.3, -0.25) is 11.3 Å². The van der Waals surface area contributed by atoms with Crippen LogP contribution in [-0.4, -0.2) is 6.04 Å². The molecule has 2 unspecified atom stereocenters.